The molecule has 3 aliphatic rings. The second-order valence-electron chi connectivity index (χ2n) is 19.4. The number of nitrogens with zero attached hydrogens (tertiary/aromatic N) is 3. The van der Waals surface area contributed by atoms with Gasteiger partial charge in [0.1, 0.15) is 11.2 Å². The molecular formula is C57H53IrN3O2Si-2. The predicted octanol–water partition coefficient (Wildman–Crippen LogP) is 14.5. The third-order valence-corrected chi connectivity index (χ3v) is 15.6. The minimum Gasteiger partial charge on any atom is -0.501 e. The first-order chi connectivity index (χ1) is 30.6. The van der Waals surface area contributed by atoms with Gasteiger partial charge >= 0.3 is 0 Å². The molecule has 3 saturated carbocycles. The van der Waals surface area contributed by atoms with E-state index in [1.165, 1.54) is 48.4 Å². The van der Waals surface area contributed by atoms with Crippen molar-refractivity contribution in [2.45, 2.75) is 78.4 Å². The Balaban J connectivity index is 0.000000166. The summed E-state index contributed by atoms with van der Waals surface area (Å²) in [5, 5.41) is 15.4. The van der Waals surface area contributed by atoms with Gasteiger partial charge < -0.3 is 18.8 Å². The number of nitriles is 1. The van der Waals surface area contributed by atoms with E-state index < -0.39 is 8.07 Å². The van der Waals surface area contributed by atoms with Gasteiger partial charge in [0.25, 0.3) is 0 Å². The summed E-state index contributed by atoms with van der Waals surface area (Å²) in [5.41, 5.74) is 12.4. The maximum atomic E-state index is 9.86. The molecule has 64 heavy (non-hydrogen) atoms. The van der Waals surface area contributed by atoms with Gasteiger partial charge in [-0.15, -0.1) is 30.3 Å². The molecule has 0 N–H and O–H groups in total. The number of aromatic nitrogens is 2. The van der Waals surface area contributed by atoms with Crippen molar-refractivity contribution in [3.8, 4) is 39.7 Å². The third-order valence-electron chi connectivity index (χ3n) is 13.6. The summed E-state index contributed by atoms with van der Waals surface area (Å²) >= 11 is 0. The maximum absolute atomic E-state index is 9.86. The normalized spacial score (nSPS) is 17.1. The zero-order chi connectivity index (χ0) is 43.2. The zero-order valence-corrected chi connectivity index (χ0v) is 40.7. The van der Waals surface area contributed by atoms with Crippen molar-refractivity contribution in [3.05, 3.63) is 150 Å². The van der Waals surface area contributed by atoms with Gasteiger partial charge in [-0.1, -0.05) is 147 Å². The summed E-state index contributed by atoms with van der Waals surface area (Å²) in [7, 11) is -1.44. The summed E-state index contributed by atoms with van der Waals surface area (Å²) in [5.74, 6) is 3.22. The van der Waals surface area contributed by atoms with E-state index in [9.17, 15) is 5.26 Å². The predicted molar refractivity (Wildman–Crippen MR) is 261 cm³/mol. The van der Waals surface area contributed by atoms with E-state index in [0.29, 0.717) is 17.1 Å². The van der Waals surface area contributed by atoms with Crippen LogP contribution in [-0.4, -0.2) is 18.0 Å². The van der Waals surface area contributed by atoms with Gasteiger partial charge in [0.2, 0.25) is 0 Å². The Hall–Kier alpha value is -5.64. The Morgan fingerprint density at radius 3 is 2.25 bits per heavy atom. The standard InChI is InChI=1S/C33H27N2O.C24H26NOSi.Ir/c34-20-26-11-12-28(30-18-22(14-15-35-30)17-27-16-21-6-8-24(27)9-7-21)33-32(26)29-13-10-25(19-31(29)36-33)23-4-2-1-3-5-23;1-16(2)13-17-14-21(25-15-23(17)27(3,4)5)20-11-8-10-19-18-9-6-7-12-22(18)26-24(19)20;/h1-5,10-11,13-15,18-19,21,24,27H,6-9,16-17H2;6-10,12,14-16H,13H2,1-5H3;/q2*-1;. The average Bonchev–Trinajstić information content (AvgIpc) is 3.88. The molecule has 12 rings (SSSR count). The van der Waals surface area contributed by atoms with Crippen LogP contribution in [-0.2, 0) is 32.9 Å². The third kappa shape index (κ3) is 8.52. The molecule has 9 aromatic rings. The van der Waals surface area contributed by atoms with Gasteiger partial charge in [-0.2, -0.15) is 0 Å². The van der Waals surface area contributed by atoms with Gasteiger partial charge in [-0.05, 0) is 113 Å². The molecule has 1 unspecified atom stereocenters. The quantitative estimate of drug-likeness (QED) is 0.112. The van der Waals surface area contributed by atoms with Crippen molar-refractivity contribution in [3.63, 3.8) is 0 Å². The van der Waals surface area contributed by atoms with E-state index in [4.69, 9.17) is 18.8 Å². The Labute approximate surface area is 391 Å². The van der Waals surface area contributed by atoms with E-state index in [-0.39, 0.29) is 20.1 Å². The molecule has 5 aromatic carbocycles. The van der Waals surface area contributed by atoms with E-state index in [1.54, 1.807) is 6.07 Å². The molecule has 323 valence electrons. The minimum atomic E-state index is -1.44. The molecule has 3 aliphatic carbocycles. The first-order valence-corrected chi connectivity index (χ1v) is 26.2. The molecule has 1 atom stereocenters. The van der Waals surface area contributed by atoms with E-state index in [0.717, 1.165) is 103 Å². The van der Waals surface area contributed by atoms with Crippen LogP contribution in [0.15, 0.2) is 130 Å². The molecule has 4 aromatic heterocycles. The Kier molecular flexibility index (Phi) is 12.3. The zero-order valence-electron chi connectivity index (χ0n) is 37.3. The molecule has 7 heteroatoms. The minimum absolute atomic E-state index is 0. The maximum Gasteiger partial charge on any atom is 0.121 e. The Morgan fingerprint density at radius 1 is 0.750 bits per heavy atom. The largest absolute Gasteiger partial charge is 0.501 e. The molecule has 0 spiro atoms. The SMILES string of the molecule is CC(C)Cc1cc(-c2[c-]ccc3c2oc2ccccc23)ncc1[Si](C)(C)C.N#Cc1c[c-]c(-c2cc(CC3CC4CCC3CC4)ccn2)c2oc3cc(-c4ccccc4)ccc3c12.[Ir]. The van der Waals surface area contributed by atoms with Crippen LogP contribution in [0.25, 0.3) is 77.5 Å². The molecule has 5 nitrogen and oxygen atoms in total. The Bertz CT molecular complexity index is 3160. The molecule has 1 radical (unpaired) electrons. The molecular weight excluding hydrogens is 979 g/mol. The summed E-state index contributed by atoms with van der Waals surface area (Å²) in [6, 6.07) is 46.2. The second-order valence-corrected chi connectivity index (χ2v) is 24.4. The fourth-order valence-corrected chi connectivity index (χ4v) is 12.1. The van der Waals surface area contributed by atoms with Gasteiger partial charge in [0, 0.05) is 49.3 Å². The van der Waals surface area contributed by atoms with E-state index in [1.807, 2.05) is 42.6 Å². The summed E-state index contributed by atoms with van der Waals surface area (Å²) in [4.78, 5) is 9.56. The van der Waals surface area contributed by atoms with Gasteiger partial charge in [0.15, 0.2) is 0 Å². The first kappa shape index (κ1) is 43.6. The fourth-order valence-electron chi connectivity index (χ4n) is 10.5. The number of rotatable bonds is 8. The first-order valence-electron chi connectivity index (χ1n) is 22.7. The monoisotopic (exact) mass is 1030 g/mol. The van der Waals surface area contributed by atoms with E-state index >= 15 is 0 Å². The van der Waals surface area contributed by atoms with Crippen molar-refractivity contribution in [2.75, 3.05) is 0 Å². The number of hydrogen-bond acceptors (Lipinski definition) is 5. The summed E-state index contributed by atoms with van der Waals surface area (Å²) in [6.07, 6.45) is 13.3. The van der Waals surface area contributed by atoms with E-state index in [2.05, 4.69) is 125 Å². The molecule has 0 aliphatic heterocycles. The van der Waals surface area contributed by atoms with Crippen LogP contribution < -0.4 is 5.19 Å². The smallest absolute Gasteiger partial charge is 0.121 e. The van der Waals surface area contributed by atoms with Crippen LogP contribution in [0, 0.1) is 47.1 Å². The summed E-state index contributed by atoms with van der Waals surface area (Å²) in [6.45, 7) is 11.7. The van der Waals surface area contributed by atoms with Crippen molar-refractivity contribution in [1.29, 1.82) is 5.26 Å². The van der Waals surface area contributed by atoms with Gasteiger partial charge in [0.05, 0.1) is 19.2 Å². The summed E-state index contributed by atoms with van der Waals surface area (Å²) < 4.78 is 12.6. The van der Waals surface area contributed by atoms with Crippen molar-refractivity contribution >= 4 is 57.1 Å². The van der Waals surface area contributed by atoms with Crippen LogP contribution in [0.2, 0.25) is 19.6 Å². The van der Waals surface area contributed by atoms with Crippen molar-refractivity contribution in [2.24, 2.45) is 23.7 Å². The van der Waals surface area contributed by atoms with Crippen LogP contribution in [0.4, 0.5) is 0 Å². The fraction of sp³-hybridized carbons (Fsp3) is 0.281. The average molecular weight is 1030 g/mol. The molecule has 0 saturated heterocycles. The number of fused-ring (bicyclic) bond motifs is 9. The number of hydrogen-bond donors (Lipinski definition) is 0. The number of pyridine rings is 2. The van der Waals surface area contributed by atoms with Gasteiger partial charge in [-0.3, -0.25) is 0 Å². The number of furan rings is 2. The second kappa shape index (κ2) is 18.1. The van der Waals surface area contributed by atoms with Crippen LogP contribution in [0.3, 0.4) is 0 Å². The molecule has 3 fully saturated rings. The molecule has 2 bridgehead atoms. The van der Waals surface area contributed by atoms with Crippen molar-refractivity contribution in [1.82, 2.24) is 9.97 Å². The number of para-hydroxylation sites is 1. The van der Waals surface area contributed by atoms with Crippen LogP contribution >= 0.6 is 0 Å². The molecule has 4 heterocycles. The van der Waals surface area contributed by atoms with Crippen LogP contribution in [0.1, 0.15) is 62.6 Å². The topological polar surface area (TPSA) is 75.8 Å². The van der Waals surface area contributed by atoms with Crippen molar-refractivity contribution < 1.29 is 28.9 Å². The van der Waals surface area contributed by atoms with Gasteiger partial charge in [-0.25, -0.2) is 5.26 Å². The Morgan fingerprint density at radius 2 is 1.50 bits per heavy atom. The van der Waals surface area contributed by atoms with Crippen LogP contribution in [0.5, 0.6) is 0 Å². The molecule has 0 amide bonds. The number of benzene rings is 5.